The number of hydrogen-bond acceptors (Lipinski definition) is 6. The van der Waals surface area contributed by atoms with E-state index in [4.69, 9.17) is 15.2 Å². The second-order valence-electron chi connectivity index (χ2n) is 5.79. The number of anilines is 2. The summed E-state index contributed by atoms with van der Waals surface area (Å²) in [6.45, 7) is 0.794. The van der Waals surface area contributed by atoms with Crippen LogP contribution in [0, 0.1) is 0 Å². The molecule has 1 heterocycles. The summed E-state index contributed by atoms with van der Waals surface area (Å²) in [6, 6.07) is 13.9. The number of fused-ring (bicyclic) bond motifs is 1. The SMILES string of the molecule is COc1cc2nc(N(C)CCc3ccccc3)nc(N)c2cc1OC. The average Bonchev–Trinajstić information content (AvgIpc) is 2.65. The Morgan fingerprint density at radius 1 is 1.00 bits per heavy atom. The maximum absolute atomic E-state index is 6.14. The first kappa shape index (κ1) is 16.8. The molecule has 2 N–H and O–H groups in total. The molecule has 1 aromatic heterocycles. The first-order valence-electron chi connectivity index (χ1n) is 8.06. The van der Waals surface area contributed by atoms with E-state index >= 15 is 0 Å². The predicted octanol–water partition coefficient (Wildman–Crippen LogP) is 2.91. The van der Waals surface area contributed by atoms with E-state index in [1.807, 2.05) is 36.2 Å². The highest BCUT2D eigenvalue weighted by Crippen LogP contribution is 2.33. The molecule has 6 nitrogen and oxygen atoms in total. The Kier molecular flexibility index (Phi) is 4.88. The number of nitrogens with two attached hydrogens (primary N) is 1. The summed E-state index contributed by atoms with van der Waals surface area (Å²) in [5.41, 5.74) is 8.14. The number of nitrogens with zero attached hydrogens (tertiary/aromatic N) is 3. The average molecular weight is 338 g/mol. The fourth-order valence-corrected chi connectivity index (χ4v) is 2.68. The minimum absolute atomic E-state index is 0.424. The van der Waals surface area contributed by atoms with Gasteiger partial charge in [0.15, 0.2) is 11.5 Å². The summed E-state index contributed by atoms with van der Waals surface area (Å²) < 4.78 is 10.7. The molecule has 130 valence electrons. The number of ether oxygens (including phenoxy) is 2. The molecule has 3 rings (SSSR count). The van der Waals surface area contributed by atoms with E-state index in [0.717, 1.165) is 23.9 Å². The van der Waals surface area contributed by atoms with Crippen LogP contribution >= 0.6 is 0 Å². The van der Waals surface area contributed by atoms with Crippen LogP contribution in [-0.4, -0.2) is 37.8 Å². The van der Waals surface area contributed by atoms with Crippen LogP contribution < -0.4 is 20.1 Å². The van der Waals surface area contributed by atoms with Crippen LogP contribution in [0.3, 0.4) is 0 Å². The number of rotatable bonds is 6. The summed E-state index contributed by atoms with van der Waals surface area (Å²) in [5, 5.41) is 0.748. The van der Waals surface area contributed by atoms with Crippen molar-refractivity contribution >= 4 is 22.7 Å². The van der Waals surface area contributed by atoms with E-state index in [1.54, 1.807) is 20.3 Å². The van der Waals surface area contributed by atoms with Gasteiger partial charge in [-0.15, -0.1) is 0 Å². The monoisotopic (exact) mass is 338 g/mol. The van der Waals surface area contributed by atoms with Crippen molar-refractivity contribution in [3.05, 3.63) is 48.0 Å². The van der Waals surface area contributed by atoms with Crippen molar-refractivity contribution in [3.8, 4) is 11.5 Å². The van der Waals surface area contributed by atoms with Crippen molar-refractivity contribution < 1.29 is 9.47 Å². The number of aromatic nitrogens is 2. The minimum Gasteiger partial charge on any atom is -0.493 e. The van der Waals surface area contributed by atoms with Crippen LogP contribution in [0.1, 0.15) is 5.56 Å². The molecule has 0 saturated carbocycles. The molecule has 0 aliphatic carbocycles. The van der Waals surface area contributed by atoms with Crippen molar-refractivity contribution in [2.75, 3.05) is 38.4 Å². The number of methoxy groups -OCH3 is 2. The molecule has 3 aromatic rings. The van der Waals surface area contributed by atoms with Gasteiger partial charge < -0.3 is 20.1 Å². The Hall–Kier alpha value is -3.02. The van der Waals surface area contributed by atoms with Crippen molar-refractivity contribution in [1.82, 2.24) is 9.97 Å². The highest BCUT2D eigenvalue weighted by Gasteiger charge is 2.13. The third-order valence-electron chi connectivity index (χ3n) is 4.14. The third kappa shape index (κ3) is 3.57. The van der Waals surface area contributed by atoms with Gasteiger partial charge in [0.1, 0.15) is 5.82 Å². The molecule has 0 aliphatic rings. The Bertz CT molecular complexity index is 868. The van der Waals surface area contributed by atoms with Crippen molar-refractivity contribution in [2.24, 2.45) is 0 Å². The summed E-state index contributed by atoms with van der Waals surface area (Å²) in [5.74, 6) is 2.24. The molecular formula is C19H22N4O2. The first-order valence-corrected chi connectivity index (χ1v) is 8.06. The van der Waals surface area contributed by atoms with E-state index in [9.17, 15) is 0 Å². The predicted molar refractivity (Wildman–Crippen MR) is 100 cm³/mol. The van der Waals surface area contributed by atoms with Crippen LogP contribution in [-0.2, 0) is 6.42 Å². The Balaban J connectivity index is 1.88. The van der Waals surface area contributed by atoms with Gasteiger partial charge in [-0.3, -0.25) is 0 Å². The maximum atomic E-state index is 6.14. The van der Waals surface area contributed by atoms with Gasteiger partial charge in [-0.1, -0.05) is 30.3 Å². The van der Waals surface area contributed by atoms with Gasteiger partial charge >= 0.3 is 0 Å². The van der Waals surface area contributed by atoms with Gasteiger partial charge in [0.25, 0.3) is 0 Å². The highest BCUT2D eigenvalue weighted by atomic mass is 16.5. The highest BCUT2D eigenvalue weighted by molar-refractivity contribution is 5.91. The van der Waals surface area contributed by atoms with E-state index in [0.29, 0.717) is 23.3 Å². The fraction of sp³-hybridized carbons (Fsp3) is 0.263. The number of benzene rings is 2. The van der Waals surface area contributed by atoms with E-state index in [-0.39, 0.29) is 0 Å². The minimum atomic E-state index is 0.424. The molecule has 2 aromatic carbocycles. The lowest BCUT2D eigenvalue weighted by Gasteiger charge is -2.18. The van der Waals surface area contributed by atoms with Gasteiger partial charge in [0.05, 0.1) is 19.7 Å². The van der Waals surface area contributed by atoms with Crippen LogP contribution in [0.5, 0.6) is 11.5 Å². The smallest absolute Gasteiger partial charge is 0.227 e. The van der Waals surface area contributed by atoms with Gasteiger partial charge in [-0.25, -0.2) is 4.98 Å². The van der Waals surface area contributed by atoms with Crippen molar-refractivity contribution in [3.63, 3.8) is 0 Å². The van der Waals surface area contributed by atoms with Crippen LogP contribution in [0.25, 0.3) is 10.9 Å². The van der Waals surface area contributed by atoms with Crippen LogP contribution in [0.4, 0.5) is 11.8 Å². The van der Waals surface area contributed by atoms with E-state index in [1.165, 1.54) is 5.56 Å². The van der Waals surface area contributed by atoms with Crippen molar-refractivity contribution in [2.45, 2.75) is 6.42 Å². The summed E-state index contributed by atoms with van der Waals surface area (Å²) in [6.07, 6.45) is 0.907. The topological polar surface area (TPSA) is 73.5 Å². The zero-order chi connectivity index (χ0) is 17.8. The Morgan fingerprint density at radius 2 is 1.68 bits per heavy atom. The second-order valence-corrected chi connectivity index (χ2v) is 5.79. The molecule has 25 heavy (non-hydrogen) atoms. The molecular weight excluding hydrogens is 316 g/mol. The number of likely N-dealkylation sites (N-methyl/N-ethyl adjacent to an activating group) is 1. The molecule has 0 unspecified atom stereocenters. The fourth-order valence-electron chi connectivity index (χ4n) is 2.68. The molecule has 6 heteroatoms. The zero-order valence-electron chi connectivity index (χ0n) is 14.7. The molecule has 0 spiro atoms. The van der Waals surface area contributed by atoms with E-state index in [2.05, 4.69) is 22.1 Å². The largest absolute Gasteiger partial charge is 0.493 e. The van der Waals surface area contributed by atoms with Gasteiger partial charge in [-0.2, -0.15) is 4.98 Å². The first-order chi connectivity index (χ1) is 12.1. The number of hydrogen-bond donors (Lipinski definition) is 1. The molecule has 0 bridgehead atoms. The second kappa shape index (κ2) is 7.25. The standard InChI is InChI=1S/C19H22N4O2/c1-23(10-9-13-7-5-4-6-8-13)19-21-15-12-17(25-3)16(24-2)11-14(15)18(20)22-19/h4-8,11-12H,9-10H2,1-3H3,(H2,20,21,22). The zero-order valence-corrected chi connectivity index (χ0v) is 14.7. The lowest BCUT2D eigenvalue weighted by atomic mass is 10.1. The lowest BCUT2D eigenvalue weighted by Crippen LogP contribution is -2.23. The number of nitrogen functional groups attached to an aromatic ring is 1. The molecule has 0 fully saturated rings. The van der Waals surface area contributed by atoms with Gasteiger partial charge in [-0.05, 0) is 18.1 Å². The summed E-state index contributed by atoms with van der Waals surface area (Å²) >= 11 is 0. The molecule has 0 aliphatic heterocycles. The Morgan fingerprint density at radius 3 is 2.36 bits per heavy atom. The van der Waals surface area contributed by atoms with Gasteiger partial charge in [0.2, 0.25) is 5.95 Å². The molecule has 0 amide bonds. The Labute approximate surface area is 147 Å². The summed E-state index contributed by atoms with van der Waals surface area (Å²) in [4.78, 5) is 11.1. The quantitative estimate of drug-likeness (QED) is 0.745. The molecule has 0 radical (unpaired) electrons. The third-order valence-corrected chi connectivity index (χ3v) is 4.14. The molecule has 0 saturated heterocycles. The lowest BCUT2D eigenvalue weighted by molar-refractivity contribution is 0.356. The van der Waals surface area contributed by atoms with Crippen molar-refractivity contribution in [1.29, 1.82) is 0 Å². The molecule has 0 atom stereocenters. The van der Waals surface area contributed by atoms with Crippen LogP contribution in [0.2, 0.25) is 0 Å². The normalized spacial score (nSPS) is 10.7. The summed E-state index contributed by atoms with van der Waals surface area (Å²) in [7, 11) is 5.15. The van der Waals surface area contributed by atoms with Crippen LogP contribution in [0.15, 0.2) is 42.5 Å². The maximum Gasteiger partial charge on any atom is 0.227 e. The van der Waals surface area contributed by atoms with Gasteiger partial charge in [0, 0.05) is 25.0 Å². The van der Waals surface area contributed by atoms with E-state index < -0.39 is 0 Å².